The van der Waals surface area contributed by atoms with E-state index in [9.17, 15) is 24.5 Å². The number of amides is 3. The molecule has 11 nitrogen and oxygen atoms in total. The molecule has 0 bridgehead atoms. The van der Waals surface area contributed by atoms with Gasteiger partial charge in [-0.2, -0.15) is 5.10 Å². The molecule has 24 heavy (non-hydrogen) atoms. The largest absolute Gasteiger partial charge is 0.451 e. The molecule has 0 spiro atoms. The number of nitrogens with two attached hydrogens (primary N) is 1. The van der Waals surface area contributed by atoms with E-state index in [1.807, 2.05) is 5.32 Å². The van der Waals surface area contributed by atoms with Crippen LogP contribution in [-0.2, 0) is 20.9 Å². The number of primary amides is 1. The summed E-state index contributed by atoms with van der Waals surface area (Å²) in [4.78, 5) is 44.9. The third-order valence-electron chi connectivity index (χ3n) is 3.17. The lowest BCUT2D eigenvalue weighted by Crippen LogP contribution is -2.46. The van der Waals surface area contributed by atoms with Gasteiger partial charge in [-0.15, -0.1) is 0 Å². The van der Waals surface area contributed by atoms with Crippen molar-refractivity contribution >= 4 is 23.6 Å². The number of esters is 1. The standard InChI is InChI=1S/C13H19N5O6/c1-6(2)11(12(20)15-13(14)21)24-9(19)5-17-8(4)10(18(22)23)7(3)16-17/h6,11H,5H2,1-4H3,(H3,14,15,20,21). The Morgan fingerprint density at radius 1 is 1.38 bits per heavy atom. The van der Waals surface area contributed by atoms with Gasteiger partial charge in [0.25, 0.3) is 5.91 Å². The molecule has 3 amide bonds. The van der Waals surface area contributed by atoms with Crippen LogP contribution in [0, 0.1) is 29.9 Å². The fourth-order valence-electron chi connectivity index (χ4n) is 2.09. The second-order valence-electron chi connectivity index (χ2n) is 5.44. The molecule has 11 heteroatoms. The summed E-state index contributed by atoms with van der Waals surface area (Å²) in [5.41, 5.74) is 5.03. The van der Waals surface area contributed by atoms with Crippen LogP contribution in [0.2, 0.25) is 0 Å². The van der Waals surface area contributed by atoms with Gasteiger partial charge in [-0.1, -0.05) is 13.8 Å². The quantitative estimate of drug-likeness (QED) is 0.423. The highest BCUT2D eigenvalue weighted by molar-refractivity contribution is 5.96. The molecule has 1 aromatic heterocycles. The molecule has 3 N–H and O–H groups in total. The summed E-state index contributed by atoms with van der Waals surface area (Å²) >= 11 is 0. The van der Waals surface area contributed by atoms with Gasteiger partial charge in [0.05, 0.1) is 4.92 Å². The Labute approximate surface area is 137 Å². The minimum absolute atomic E-state index is 0.164. The van der Waals surface area contributed by atoms with Gasteiger partial charge in [0.15, 0.2) is 6.10 Å². The molecule has 1 rings (SSSR count). The van der Waals surface area contributed by atoms with Crippen LogP contribution in [-0.4, -0.2) is 38.7 Å². The smallest absolute Gasteiger partial charge is 0.328 e. The first-order valence-corrected chi connectivity index (χ1v) is 7.02. The van der Waals surface area contributed by atoms with Gasteiger partial charge in [0.2, 0.25) is 0 Å². The molecule has 1 aromatic rings. The second kappa shape index (κ2) is 7.53. The highest BCUT2D eigenvalue weighted by Crippen LogP contribution is 2.21. The Kier molecular flexibility index (Phi) is 5.98. The maximum atomic E-state index is 12.0. The SMILES string of the molecule is Cc1nn(CC(=O)OC(C(=O)NC(N)=O)C(C)C)c(C)c1[N+](=O)[O-]. The van der Waals surface area contributed by atoms with Crippen molar-refractivity contribution in [3.05, 3.63) is 21.5 Å². The number of nitrogens with zero attached hydrogens (tertiary/aromatic N) is 3. The molecular formula is C13H19N5O6. The fourth-order valence-corrected chi connectivity index (χ4v) is 2.09. The number of ether oxygens (including phenoxy) is 1. The number of aromatic nitrogens is 2. The Bertz CT molecular complexity index is 681. The normalized spacial score (nSPS) is 11.9. The van der Waals surface area contributed by atoms with E-state index in [1.54, 1.807) is 13.8 Å². The Morgan fingerprint density at radius 2 is 1.96 bits per heavy atom. The summed E-state index contributed by atoms with van der Waals surface area (Å²) in [7, 11) is 0. The van der Waals surface area contributed by atoms with Crippen LogP contribution in [0.25, 0.3) is 0 Å². The molecule has 0 aromatic carbocycles. The zero-order valence-corrected chi connectivity index (χ0v) is 13.7. The Morgan fingerprint density at radius 3 is 2.38 bits per heavy atom. The molecule has 0 aliphatic heterocycles. The van der Waals surface area contributed by atoms with Crippen molar-refractivity contribution in [2.24, 2.45) is 11.7 Å². The second-order valence-corrected chi connectivity index (χ2v) is 5.44. The van der Waals surface area contributed by atoms with Crippen LogP contribution in [0.5, 0.6) is 0 Å². The minimum Gasteiger partial charge on any atom is -0.451 e. The molecule has 0 aliphatic rings. The summed E-state index contributed by atoms with van der Waals surface area (Å²) in [6.45, 7) is 5.72. The number of rotatable bonds is 6. The number of nitrogens with one attached hydrogen (secondary N) is 1. The molecule has 1 unspecified atom stereocenters. The van der Waals surface area contributed by atoms with E-state index < -0.39 is 41.4 Å². The third kappa shape index (κ3) is 4.51. The molecule has 0 aliphatic carbocycles. The van der Waals surface area contributed by atoms with Crippen LogP contribution in [0.15, 0.2) is 0 Å². The predicted octanol–water partition coefficient (Wildman–Crippen LogP) is 0.171. The van der Waals surface area contributed by atoms with Gasteiger partial charge in [-0.05, 0) is 19.8 Å². The lowest BCUT2D eigenvalue weighted by Gasteiger charge is -2.19. The summed E-state index contributed by atoms with van der Waals surface area (Å²) in [5, 5.41) is 16.7. The zero-order chi connectivity index (χ0) is 18.6. The number of urea groups is 1. The molecule has 132 valence electrons. The van der Waals surface area contributed by atoms with Crippen molar-refractivity contribution in [1.82, 2.24) is 15.1 Å². The van der Waals surface area contributed by atoms with E-state index in [2.05, 4.69) is 5.10 Å². The summed E-state index contributed by atoms with van der Waals surface area (Å²) in [6.07, 6.45) is -1.23. The van der Waals surface area contributed by atoms with Crippen LogP contribution >= 0.6 is 0 Å². The molecule has 0 fully saturated rings. The molecule has 0 saturated heterocycles. The predicted molar refractivity (Wildman–Crippen MR) is 80.8 cm³/mol. The molecule has 1 atom stereocenters. The average Bonchev–Trinajstić information content (AvgIpc) is 2.69. The van der Waals surface area contributed by atoms with Crippen molar-refractivity contribution in [2.45, 2.75) is 40.3 Å². The first-order valence-electron chi connectivity index (χ1n) is 7.02. The van der Waals surface area contributed by atoms with Crippen LogP contribution in [0.4, 0.5) is 10.5 Å². The van der Waals surface area contributed by atoms with Crippen molar-refractivity contribution in [1.29, 1.82) is 0 Å². The fraction of sp³-hybridized carbons (Fsp3) is 0.538. The number of carbonyl (C=O) groups is 3. The molecular weight excluding hydrogens is 322 g/mol. The van der Waals surface area contributed by atoms with E-state index >= 15 is 0 Å². The molecule has 0 radical (unpaired) electrons. The first-order chi connectivity index (χ1) is 11.0. The Hall–Kier alpha value is -2.98. The average molecular weight is 341 g/mol. The van der Waals surface area contributed by atoms with Gasteiger partial charge in [-0.25, -0.2) is 4.79 Å². The van der Waals surface area contributed by atoms with Gasteiger partial charge in [-0.3, -0.25) is 29.7 Å². The van der Waals surface area contributed by atoms with E-state index in [1.165, 1.54) is 13.8 Å². The lowest BCUT2D eigenvalue weighted by molar-refractivity contribution is -0.386. The summed E-state index contributed by atoms with van der Waals surface area (Å²) in [6, 6.07) is -1.06. The van der Waals surface area contributed by atoms with Crippen molar-refractivity contribution in [2.75, 3.05) is 0 Å². The maximum Gasteiger partial charge on any atom is 0.328 e. The highest BCUT2D eigenvalue weighted by atomic mass is 16.6. The summed E-state index contributed by atoms with van der Waals surface area (Å²) < 4.78 is 6.18. The molecule has 0 saturated carbocycles. The number of aryl methyl sites for hydroxylation is 1. The summed E-state index contributed by atoms with van der Waals surface area (Å²) in [5.74, 6) is -2.08. The lowest BCUT2D eigenvalue weighted by atomic mass is 10.1. The number of nitro groups is 1. The van der Waals surface area contributed by atoms with E-state index in [0.29, 0.717) is 0 Å². The van der Waals surface area contributed by atoms with Gasteiger partial charge >= 0.3 is 17.7 Å². The number of imide groups is 1. The van der Waals surface area contributed by atoms with Gasteiger partial charge in [0, 0.05) is 0 Å². The van der Waals surface area contributed by atoms with Crippen molar-refractivity contribution in [3.8, 4) is 0 Å². The van der Waals surface area contributed by atoms with Crippen molar-refractivity contribution in [3.63, 3.8) is 0 Å². The minimum atomic E-state index is -1.23. The van der Waals surface area contributed by atoms with Crippen LogP contribution in [0.1, 0.15) is 25.2 Å². The number of hydrogen-bond acceptors (Lipinski definition) is 7. The van der Waals surface area contributed by atoms with E-state index in [-0.39, 0.29) is 17.1 Å². The van der Waals surface area contributed by atoms with Crippen LogP contribution < -0.4 is 11.1 Å². The van der Waals surface area contributed by atoms with E-state index in [0.717, 1.165) is 4.68 Å². The van der Waals surface area contributed by atoms with Gasteiger partial charge in [0.1, 0.15) is 17.9 Å². The zero-order valence-electron chi connectivity index (χ0n) is 13.7. The van der Waals surface area contributed by atoms with Gasteiger partial charge < -0.3 is 10.5 Å². The molecule has 1 heterocycles. The van der Waals surface area contributed by atoms with E-state index in [4.69, 9.17) is 10.5 Å². The van der Waals surface area contributed by atoms with Crippen LogP contribution in [0.3, 0.4) is 0 Å². The Balaban J connectivity index is 2.87. The number of carbonyl (C=O) groups excluding carboxylic acids is 3. The number of hydrogen-bond donors (Lipinski definition) is 2. The third-order valence-corrected chi connectivity index (χ3v) is 3.17. The maximum absolute atomic E-state index is 12.0. The monoisotopic (exact) mass is 341 g/mol. The first kappa shape index (κ1) is 19.1. The highest BCUT2D eigenvalue weighted by Gasteiger charge is 2.29. The topological polar surface area (TPSA) is 159 Å². The van der Waals surface area contributed by atoms with Crippen molar-refractivity contribution < 1.29 is 24.0 Å².